The van der Waals surface area contributed by atoms with E-state index < -0.39 is 11.6 Å². The number of hydrogen-bond donors (Lipinski definition) is 2. The van der Waals surface area contributed by atoms with Gasteiger partial charge in [-0.3, -0.25) is 4.79 Å². The molecule has 1 aliphatic rings. The van der Waals surface area contributed by atoms with Crippen molar-refractivity contribution in [2.75, 3.05) is 13.6 Å². The van der Waals surface area contributed by atoms with Gasteiger partial charge in [0, 0.05) is 19.1 Å². The van der Waals surface area contributed by atoms with E-state index in [0.29, 0.717) is 0 Å². The highest BCUT2D eigenvalue weighted by Crippen LogP contribution is 2.23. The van der Waals surface area contributed by atoms with E-state index in [0.717, 1.165) is 25.7 Å². The Hall–Kier alpha value is -1.30. The number of aliphatic carboxylic acids is 1. The summed E-state index contributed by atoms with van der Waals surface area (Å²) in [5.74, 6) is -0.835. The minimum atomic E-state index is -0.835. The van der Waals surface area contributed by atoms with Crippen molar-refractivity contribution in [1.82, 2.24) is 10.2 Å². The number of carbonyl (C=O) groups excluding carboxylic acids is 1. The summed E-state index contributed by atoms with van der Waals surface area (Å²) in [6, 6.07) is 0.405. The van der Waals surface area contributed by atoms with Crippen LogP contribution in [0.1, 0.15) is 46.5 Å². The first-order valence-corrected chi connectivity index (χ1v) is 7.10. The Bertz CT molecular complexity index is 344. The number of nitrogens with zero attached hydrogens (tertiary/aromatic N) is 1. The number of hydrogen-bond acceptors (Lipinski definition) is 4. The molecule has 2 N–H and O–H groups in total. The summed E-state index contributed by atoms with van der Waals surface area (Å²) < 4.78 is 5.35. The van der Waals surface area contributed by atoms with Gasteiger partial charge in [-0.2, -0.15) is 0 Å². The second-order valence-corrected chi connectivity index (χ2v) is 6.37. The summed E-state index contributed by atoms with van der Waals surface area (Å²) in [7, 11) is 1.77. The molecule has 20 heavy (non-hydrogen) atoms. The first kappa shape index (κ1) is 16.8. The topological polar surface area (TPSA) is 78.9 Å². The predicted octanol–water partition coefficient (Wildman–Crippen LogP) is 1.84. The third-order valence-corrected chi connectivity index (χ3v) is 3.47. The molecule has 1 rings (SSSR count). The molecule has 0 spiro atoms. The molecule has 1 aliphatic carbocycles. The van der Waals surface area contributed by atoms with Crippen LogP contribution in [0.2, 0.25) is 0 Å². The first-order valence-electron chi connectivity index (χ1n) is 7.10. The lowest BCUT2D eigenvalue weighted by atomic mass is 9.90. The summed E-state index contributed by atoms with van der Waals surface area (Å²) in [6.45, 7) is 5.56. The van der Waals surface area contributed by atoms with Gasteiger partial charge in [-0.25, -0.2) is 4.79 Å². The van der Waals surface area contributed by atoms with Gasteiger partial charge in [0.1, 0.15) is 5.60 Å². The zero-order valence-corrected chi connectivity index (χ0v) is 12.8. The zero-order valence-electron chi connectivity index (χ0n) is 12.8. The van der Waals surface area contributed by atoms with Gasteiger partial charge in [0.2, 0.25) is 0 Å². The Morgan fingerprint density at radius 1 is 1.25 bits per heavy atom. The molecule has 0 bridgehead atoms. The molecular formula is C14H26N2O4. The average molecular weight is 286 g/mol. The van der Waals surface area contributed by atoms with Crippen LogP contribution >= 0.6 is 0 Å². The van der Waals surface area contributed by atoms with Gasteiger partial charge in [-0.15, -0.1) is 0 Å². The van der Waals surface area contributed by atoms with Crippen molar-refractivity contribution in [2.45, 2.75) is 64.1 Å². The normalized spacial score (nSPS) is 23.2. The lowest BCUT2D eigenvalue weighted by Gasteiger charge is -2.35. The molecule has 0 aromatic heterocycles. The van der Waals surface area contributed by atoms with Crippen LogP contribution in [0.15, 0.2) is 0 Å². The van der Waals surface area contributed by atoms with Crippen LogP contribution in [0.5, 0.6) is 0 Å². The summed E-state index contributed by atoms with van der Waals surface area (Å²) in [6.07, 6.45) is 3.20. The highest BCUT2D eigenvalue weighted by atomic mass is 16.6. The van der Waals surface area contributed by atoms with Gasteiger partial charge < -0.3 is 20.1 Å². The fourth-order valence-corrected chi connectivity index (χ4v) is 2.38. The summed E-state index contributed by atoms with van der Waals surface area (Å²) in [5, 5.41) is 11.6. The smallest absolute Gasteiger partial charge is 0.410 e. The van der Waals surface area contributed by atoms with Crippen LogP contribution < -0.4 is 5.32 Å². The molecule has 1 amide bonds. The Labute approximate surface area is 120 Å². The summed E-state index contributed by atoms with van der Waals surface area (Å²) >= 11 is 0. The monoisotopic (exact) mass is 286 g/mol. The van der Waals surface area contributed by atoms with Crippen LogP contribution in [0.25, 0.3) is 0 Å². The van der Waals surface area contributed by atoms with Crippen molar-refractivity contribution in [2.24, 2.45) is 0 Å². The number of carboxylic acids is 1. The van der Waals surface area contributed by atoms with E-state index in [1.54, 1.807) is 11.9 Å². The number of ether oxygens (including phenoxy) is 1. The molecule has 0 aromatic rings. The van der Waals surface area contributed by atoms with E-state index in [-0.39, 0.29) is 24.7 Å². The molecule has 0 aromatic carbocycles. The van der Waals surface area contributed by atoms with E-state index in [2.05, 4.69) is 5.32 Å². The third kappa shape index (κ3) is 5.77. The largest absolute Gasteiger partial charge is 0.480 e. The highest BCUT2D eigenvalue weighted by molar-refractivity contribution is 5.69. The Morgan fingerprint density at radius 3 is 2.25 bits per heavy atom. The quantitative estimate of drug-likeness (QED) is 0.824. The van der Waals surface area contributed by atoms with Crippen molar-refractivity contribution < 1.29 is 19.4 Å². The summed E-state index contributed by atoms with van der Waals surface area (Å²) in [5.41, 5.74) is -0.481. The van der Waals surface area contributed by atoms with E-state index in [1.165, 1.54) is 0 Å². The van der Waals surface area contributed by atoms with Crippen molar-refractivity contribution in [1.29, 1.82) is 0 Å². The first-order chi connectivity index (χ1) is 9.19. The fourth-order valence-electron chi connectivity index (χ4n) is 2.38. The third-order valence-electron chi connectivity index (χ3n) is 3.47. The Kier molecular flexibility index (Phi) is 5.80. The molecular weight excluding hydrogens is 260 g/mol. The molecule has 6 nitrogen and oxygen atoms in total. The van der Waals surface area contributed by atoms with Gasteiger partial charge in [0.15, 0.2) is 0 Å². The molecule has 0 atom stereocenters. The molecule has 6 heteroatoms. The van der Waals surface area contributed by atoms with Crippen LogP contribution in [0.3, 0.4) is 0 Å². The SMILES string of the molecule is CN(C(=O)OC(C)(C)C)C1CCC(NCC(=O)O)CC1. The van der Waals surface area contributed by atoms with Crippen LogP contribution in [-0.4, -0.2) is 53.3 Å². The maximum atomic E-state index is 12.0. The van der Waals surface area contributed by atoms with E-state index in [1.807, 2.05) is 20.8 Å². The molecule has 0 aliphatic heterocycles. The van der Waals surface area contributed by atoms with E-state index >= 15 is 0 Å². The average Bonchev–Trinajstić information content (AvgIpc) is 2.34. The van der Waals surface area contributed by atoms with E-state index in [9.17, 15) is 9.59 Å². The Balaban J connectivity index is 2.37. The number of rotatable bonds is 4. The molecule has 1 fully saturated rings. The molecule has 0 heterocycles. The van der Waals surface area contributed by atoms with Crippen LogP contribution in [-0.2, 0) is 9.53 Å². The molecule has 0 saturated heterocycles. The lowest BCUT2D eigenvalue weighted by molar-refractivity contribution is -0.136. The number of carbonyl (C=O) groups is 2. The van der Waals surface area contributed by atoms with Gasteiger partial charge in [0.25, 0.3) is 0 Å². The second-order valence-electron chi connectivity index (χ2n) is 6.37. The second kappa shape index (κ2) is 6.92. The van der Waals surface area contributed by atoms with Crippen molar-refractivity contribution in [3.8, 4) is 0 Å². The van der Waals surface area contributed by atoms with Crippen molar-refractivity contribution in [3.05, 3.63) is 0 Å². The maximum absolute atomic E-state index is 12.0. The molecule has 0 radical (unpaired) electrons. The van der Waals surface area contributed by atoms with Crippen LogP contribution in [0.4, 0.5) is 4.79 Å². The van der Waals surface area contributed by atoms with Gasteiger partial charge in [-0.1, -0.05) is 0 Å². The Morgan fingerprint density at radius 2 is 1.80 bits per heavy atom. The van der Waals surface area contributed by atoms with E-state index in [4.69, 9.17) is 9.84 Å². The van der Waals surface area contributed by atoms with Gasteiger partial charge in [-0.05, 0) is 46.5 Å². The van der Waals surface area contributed by atoms with Crippen molar-refractivity contribution in [3.63, 3.8) is 0 Å². The zero-order chi connectivity index (χ0) is 15.3. The number of carboxylic acid groups (broad SMARTS) is 1. The standard InChI is InChI=1S/C14H26N2O4/c1-14(2,3)20-13(19)16(4)11-7-5-10(6-8-11)15-9-12(17)18/h10-11,15H,5-9H2,1-4H3,(H,17,18). The summed E-state index contributed by atoms with van der Waals surface area (Å²) in [4.78, 5) is 24.1. The number of amides is 1. The highest BCUT2D eigenvalue weighted by Gasteiger charge is 2.29. The molecule has 116 valence electrons. The van der Waals surface area contributed by atoms with Crippen molar-refractivity contribution >= 4 is 12.1 Å². The molecule has 1 saturated carbocycles. The molecule has 0 unspecified atom stereocenters. The van der Waals surface area contributed by atoms with Gasteiger partial charge in [0.05, 0.1) is 6.54 Å². The minimum absolute atomic E-state index is 0.00274. The lowest BCUT2D eigenvalue weighted by Crippen LogP contribution is -2.45. The number of nitrogens with one attached hydrogen (secondary N) is 1. The maximum Gasteiger partial charge on any atom is 0.410 e. The van der Waals surface area contributed by atoms with Crippen LogP contribution in [0, 0.1) is 0 Å². The fraction of sp³-hybridized carbons (Fsp3) is 0.857. The minimum Gasteiger partial charge on any atom is -0.480 e. The predicted molar refractivity (Wildman–Crippen MR) is 75.7 cm³/mol. The van der Waals surface area contributed by atoms with Gasteiger partial charge >= 0.3 is 12.1 Å².